The van der Waals surface area contributed by atoms with Crippen molar-refractivity contribution in [1.29, 1.82) is 0 Å². The first kappa shape index (κ1) is 22.3. The molecule has 0 saturated carbocycles. The zero-order valence-electron chi connectivity index (χ0n) is 19.5. The quantitative estimate of drug-likeness (QED) is 0.225. The van der Waals surface area contributed by atoms with Gasteiger partial charge in [-0.05, 0) is 53.8 Å². The number of pyridine rings is 2. The van der Waals surface area contributed by atoms with Crippen molar-refractivity contribution in [2.24, 2.45) is 5.73 Å². The standard InChI is InChI=1S/C29H25N5OS/c30-21(12-20-15-32-26-9-3-2-8-24(20)26)18-35-23-14-25(28-13-19-6-1-4-10-27(19)36-28)29(33-17-23)34-22-7-5-11-31-16-22/h1-11,13-17,21,32H,12,18,30H2,(H,33,34)/t21-/m1/s1. The fourth-order valence-corrected chi connectivity index (χ4v) is 5.42. The van der Waals surface area contributed by atoms with E-state index >= 15 is 0 Å². The predicted molar refractivity (Wildman–Crippen MR) is 148 cm³/mol. The Kier molecular flexibility index (Phi) is 6.07. The highest BCUT2D eigenvalue weighted by atomic mass is 32.1. The second kappa shape index (κ2) is 9.81. The summed E-state index contributed by atoms with van der Waals surface area (Å²) in [7, 11) is 0. The lowest BCUT2D eigenvalue weighted by Crippen LogP contribution is -2.30. The van der Waals surface area contributed by atoms with Crippen LogP contribution in [0.5, 0.6) is 5.75 Å². The Morgan fingerprint density at radius 1 is 1.00 bits per heavy atom. The maximum atomic E-state index is 6.46. The van der Waals surface area contributed by atoms with Crippen molar-refractivity contribution >= 4 is 43.8 Å². The molecule has 0 aliphatic heterocycles. The third kappa shape index (κ3) is 4.66. The molecule has 0 aliphatic rings. The average molecular weight is 492 g/mol. The lowest BCUT2D eigenvalue weighted by Gasteiger charge is -2.15. The van der Waals surface area contributed by atoms with E-state index in [-0.39, 0.29) is 6.04 Å². The summed E-state index contributed by atoms with van der Waals surface area (Å²) in [5, 5.41) is 5.81. The first-order valence-electron chi connectivity index (χ1n) is 11.8. The van der Waals surface area contributed by atoms with Crippen LogP contribution in [0.3, 0.4) is 0 Å². The summed E-state index contributed by atoms with van der Waals surface area (Å²) >= 11 is 1.73. The first-order valence-corrected chi connectivity index (χ1v) is 12.6. The Morgan fingerprint density at radius 3 is 2.78 bits per heavy atom. The van der Waals surface area contributed by atoms with Crippen LogP contribution in [-0.2, 0) is 6.42 Å². The van der Waals surface area contributed by atoms with Gasteiger partial charge in [-0.25, -0.2) is 4.98 Å². The summed E-state index contributed by atoms with van der Waals surface area (Å²) in [6, 6.07) is 24.6. The van der Waals surface area contributed by atoms with E-state index in [1.54, 1.807) is 29.9 Å². The van der Waals surface area contributed by atoms with Gasteiger partial charge in [-0.3, -0.25) is 4.98 Å². The van der Waals surface area contributed by atoms with Gasteiger partial charge in [-0.2, -0.15) is 0 Å². The van der Waals surface area contributed by atoms with Gasteiger partial charge >= 0.3 is 0 Å². The van der Waals surface area contributed by atoms with Gasteiger partial charge in [-0.15, -0.1) is 11.3 Å². The van der Waals surface area contributed by atoms with E-state index < -0.39 is 0 Å². The highest BCUT2D eigenvalue weighted by Crippen LogP contribution is 2.39. The number of benzene rings is 2. The van der Waals surface area contributed by atoms with E-state index in [0.29, 0.717) is 12.4 Å². The summed E-state index contributed by atoms with van der Waals surface area (Å²) in [4.78, 5) is 13.3. The molecule has 6 nitrogen and oxygen atoms in total. The minimum atomic E-state index is -0.148. The van der Waals surface area contributed by atoms with Gasteiger partial charge in [0.1, 0.15) is 18.2 Å². The molecule has 2 aromatic carbocycles. The Bertz CT molecular complexity index is 1590. The number of hydrogen-bond donors (Lipinski definition) is 3. The predicted octanol–water partition coefficient (Wildman–Crippen LogP) is 6.53. The zero-order chi connectivity index (χ0) is 24.3. The van der Waals surface area contributed by atoms with Crippen molar-refractivity contribution in [3.63, 3.8) is 0 Å². The highest BCUT2D eigenvalue weighted by Gasteiger charge is 2.14. The van der Waals surface area contributed by atoms with Crippen LogP contribution in [0.25, 0.3) is 31.4 Å². The molecule has 6 aromatic rings. The van der Waals surface area contributed by atoms with E-state index in [9.17, 15) is 0 Å². The molecular formula is C29H25N5OS. The number of anilines is 2. The molecule has 4 aromatic heterocycles. The first-order chi connectivity index (χ1) is 17.7. The fourth-order valence-electron chi connectivity index (χ4n) is 4.35. The van der Waals surface area contributed by atoms with Crippen molar-refractivity contribution in [1.82, 2.24) is 15.0 Å². The number of rotatable bonds is 8. The molecule has 0 saturated heterocycles. The molecule has 0 fully saturated rings. The SMILES string of the molecule is N[C@@H](COc1cnc(Nc2cccnc2)c(-c2cc3ccccc3s2)c1)Cc1c[nH]c2ccccc12. The van der Waals surface area contributed by atoms with Crippen LogP contribution >= 0.6 is 11.3 Å². The number of aromatic amines is 1. The van der Waals surface area contributed by atoms with E-state index in [1.165, 1.54) is 21.0 Å². The van der Waals surface area contributed by atoms with Crippen LogP contribution in [0, 0.1) is 0 Å². The van der Waals surface area contributed by atoms with Crippen LogP contribution in [0.4, 0.5) is 11.5 Å². The Morgan fingerprint density at radius 2 is 1.89 bits per heavy atom. The zero-order valence-corrected chi connectivity index (χ0v) is 20.3. The van der Waals surface area contributed by atoms with Gasteiger partial charge in [0, 0.05) is 44.5 Å². The number of para-hydroxylation sites is 1. The van der Waals surface area contributed by atoms with Gasteiger partial charge in [0.05, 0.1) is 18.1 Å². The maximum absolute atomic E-state index is 6.46. The van der Waals surface area contributed by atoms with Gasteiger partial charge in [0.25, 0.3) is 0 Å². The number of hydrogen-bond acceptors (Lipinski definition) is 6. The average Bonchev–Trinajstić information content (AvgIpc) is 3.53. The van der Waals surface area contributed by atoms with E-state index in [4.69, 9.17) is 15.5 Å². The molecule has 0 spiro atoms. The monoisotopic (exact) mass is 491 g/mol. The lowest BCUT2D eigenvalue weighted by molar-refractivity contribution is 0.287. The number of thiophene rings is 1. The molecule has 178 valence electrons. The lowest BCUT2D eigenvalue weighted by atomic mass is 10.1. The molecule has 7 heteroatoms. The van der Waals surface area contributed by atoms with Crippen LogP contribution in [0.1, 0.15) is 5.56 Å². The smallest absolute Gasteiger partial charge is 0.139 e. The van der Waals surface area contributed by atoms with Crippen LogP contribution in [0.15, 0.2) is 97.6 Å². The number of nitrogens with two attached hydrogens (primary N) is 1. The number of H-pyrrole nitrogens is 1. The van der Waals surface area contributed by atoms with E-state index in [2.05, 4.69) is 57.7 Å². The molecule has 0 amide bonds. The van der Waals surface area contributed by atoms with Crippen LogP contribution in [0.2, 0.25) is 0 Å². The number of ether oxygens (including phenoxy) is 1. The third-order valence-electron chi connectivity index (χ3n) is 6.10. The summed E-state index contributed by atoms with van der Waals surface area (Å²) in [5.41, 5.74) is 10.6. The molecule has 4 heterocycles. The van der Waals surface area contributed by atoms with E-state index in [1.807, 2.05) is 36.5 Å². The molecule has 0 unspecified atom stereocenters. The van der Waals surface area contributed by atoms with Gasteiger partial charge in [-0.1, -0.05) is 36.4 Å². The van der Waals surface area contributed by atoms with Gasteiger partial charge in [0.2, 0.25) is 0 Å². The molecule has 0 aliphatic carbocycles. The molecule has 36 heavy (non-hydrogen) atoms. The summed E-state index contributed by atoms with van der Waals surface area (Å²) in [6.45, 7) is 0.391. The Labute approximate surface area is 212 Å². The van der Waals surface area contributed by atoms with Crippen molar-refractivity contribution in [2.45, 2.75) is 12.5 Å². The van der Waals surface area contributed by atoms with Crippen molar-refractivity contribution in [3.05, 3.63) is 103 Å². The summed E-state index contributed by atoms with van der Waals surface area (Å²) in [6.07, 6.45) is 8.03. The topological polar surface area (TPSA) is 88.8 Å². The molecule has 4 N–H and O–H groups in total. The Balaban J connectivity index is 1.25. The van der Waals surface area contributed by atoms with Crippen molar-refractivity contribution < 1.29 is 4.74 Å². The van der Waals surface area contributed by atoms with Crippen LogP contribution in [-0.4, -0.2) is 27.6 Å². The number of fused-ring (bicyclic) bond motifs is 2. The normalized spacial score (nSPS) is 12.1. The minimum absolute atomic E-state index is 0.148. The molecule has 0 bridgehead atoms. The number of aromatic nitrogens is 3. The molecular weight excluding hydrogens is 466 g/mol. The van der Waals surface area contributed by atoms with Crippen molar-refractivity contribution in [2.75, 3.05) is 11.9 Å². The van der Waals surface area contributed by atoms with E-state index in [0.717, 1.165) is 33.9 Å². The molecule has 0 radical (unpaired) electrons. The summed E-state index contributed by atoms with van der Waals surface area (Å²) < 4.78 is 7.37. The maximum Gasteiger partial charge on any atom is 0.139 e. The fraction of sp³-hybridized carbons (Fsp3) is 0.103. The highest BCUT2D eigenvalue weighted by molar-refractivity contribution is 7.22. The van der Waals surface area contributed by atoms with Gasteiger partial charge < -0.3 is 20.8 Å². The third-order valence-corrected chi connectivity index (χ3v) is 7.25. The summed E-state index contributed by atoms with van der Waals surface area (Å²) in [5.74, 6) is 1.44. The van der Waals surface area contributed by atoms with Crippen LogP contribution < -0.4 is 15.8 Å². The number of nitrogens with one attached hydrogen (secondary N) is 2. The molecule has 1 atom stereocenters. The second-order valence-corrected chi connectivity index (χ2v) is 9.80. The minimum Gasteiger partial charge on any atom is -0.490 e. The van der Waals surface area contributed by atoms with Crippen molar-refractivity contribution in [3.8, 4) is 16.2 Å². The largest absolute Gasteiger partial charge is 0.490 e. The second-order valence-electron chi connectivity index (χ2n) is 8.72. The Hall–Kier alpha value is -4.20. The molecule has 6 rings (SSSR count). The number of nitrogens with zero attached hydrogens (tertiary/aromatic N) is 2. The van der Waals surface area contributed by atoms with Gasteiger partial charge in [0.15, 0.2) is 0 Å².